The molecule has 1 amide bonds. The van der Waals surface area contributed by atoms with Gasteiger partial charge in [0.25, 0.3) is 0 Å². The molecule has 1 aromatic rings. The van der Waals surface area contributed by atoms with Gasteiger partial charge in [0.05, 0.1) is 12.3 Å². The van der Waals surface area contributed by atoms with Crippen molar-refractivity contribution in [3.63, 3.8) is 0 Å². The van der Waals surface area contributed by atoms with Gasteiger partial charge in [-0.1, -0.05) is 0 Å². The quantitative estimate of drug-likeness (QED) is 0.888. The molecule has 0 radical (unpaired) electrons. The highest BCUT2D eigenvalue weighted by molar-refractivity contribution is 9.10. The molecule has 0 bridgehead atoms. The summed E-state index contributed by atoms with van der Waals surface area (Å²) in [5.41, 5.74) is 0.819. The minimum Gasteiger partial charge on any atom is -0.450 e. The summed E-state index contributed by atoms with van der Waals surface area (Å²) in [6.07, 6.45) is -0.485. The zero-order valence-corrected chi connectivity index (χ0v) is 9.59. The highest BCUT2D eigenvalue weighted by Gasteiger charge is 2.03. The van der Waals surface area contributed by atoms with Crippen molar-refractivity contribution in [1.82, 2.24) is 4.98 Å². The summed E-state index contributed by atoms with van der Waals surface area (Å²) in [5, 5.41) is 2.52. The number of anilines is 1. The second-order valence-corrected chi connectivity index (χ2v) is 3.46. The van der Waals surface area contributed by atoms with Gasteiger partial charge in [-0.05, 0) is 41.9 Å². The third-order valence-corrected chi connectivity index (χ3v) is 2.37. The lowest BCUT2D eigenvalue weighted by molar-refractivity contribution is 0.168. The monoisotopic (exact) mass is 258 g/mol. The van der Waals surface area contributed by atoms with Crippen LogP contribution in [0.4, 0.5) is 10.6 Å². The number of carbonyl (C=O) groups excluding carboxylic acids is 1. The van der Waals surface area contributed by atoms with Crippen LogP contribution in [-0.4, -0.2) is 17.7 Å². The predicted molar refractivity (Wildman–Crippen MR) is 57.3 cm³/mol. The van der Waals surface area contributed by atoms with Crippen molar-refractivity contribution >= 4 is 27.8 Å². The first-order valence-corrected chi connectivity index (χ1v) is 4.99. The number of nitrogens with zero attached hydrogens (tertiary/aromatic N) is 1. The van der Waals surface area contributed by atoms with Crippen LogP contribution in [0.1, 0.15) is 12.6 Å². The number of pyridine rings is 1. The van der Waals surface area contributed by atoms with Crippen LogP contribution in [0.25, 0.3) is 0 Å². The van der Waals surface area contributed by atoms with Gasteiger partial charge >= 0.3 is 6.09 Å². The van der Waals surface area contributed by atoms with Crippen molar-refractivity contribution in [1.29, 1.82) is 0 Å². The van der Waals surface area contributed by atoms with E-state index in [9.17, 15) is 4.79 Å². The van der Waals surface area contributed by atoms with Gasteiger partial charge in [-0.2, -0.15) is 0 Å². The molecule has 0 unspecified atom stereocenters. The van der Waals surface area contributed by atoms with Crippen LogP contribution in [0.5, 0.6) is 0 Å². The number of hydrogen-bond acceptors (Lipinski definition) is 3. The van der Waals surface area contributed by atoms with Gasteiger partial charge in [0.1, 0.15) is 5.82 Å². The van der Waals surface area contributed by atoms with E-state index < -0.39 is 6.09 Å². The Labute approximate surface area is 90.8 Å². The summed E-state index contributed by atoms with van der Waals surface area (Å²) in [4.78, 5) is 15.2. The molecule has 1 aromatic heterocycles. The lowest BCUT2D eigenvalue weighted by atomic mass is 10.4. The number of ether oxygens (including phenoxy) is 1. The van der Waals surface area contributed by atoms with Gasteiger partial charge in [0.15, 0.2) is 0 Å². The van der Waals surface area contributed by atoms with E-state index in [4.69, 9.17) is 4.74 Å². The Bertz CT molecular complexity index is 342. The first kappa shape index (κ1) is 11.0. The standard InChI is InChI=1S/C9H11BrN2O2/c1-3-14-9(13)12-8-5-4-7(10)6(2)11-8/h4-5H,3H2,1-2H3,(H,11,12,13). The van der Waals surface area contributed by atoms with Crippen LogP contribution in [0.3, 0.4) is 0 Å². The van der Waals surface area contributed by atoms with E-state index in [1.807, 2.05) is 13.0 Å². The number of amides is 1. The molecule has 76 valence electrons. The first-order valence-electron chi connectivity index (χ1n) is 4.20. The van der Waals surface area contributed by atoms with Crippen LogP contribution in [-0.2, 0) is 4.74 Å². The van der Waals surface area contributed by atoms with Gasteiger partial charge in [-0.25, -0.2) is 9.78 Å². The second-order valence-electron chi connectivity index (χ2n) is 2.61. The summed E-state index contributed by atoms with van der Waals surface area (Å²) in [5.74, 6) is 0.490. The van der Waals surface area contributed by atoms with Gasteiger partial charge in [-0.3, -0.25) is 5.32 Å². The fraction of sp³-hybridized carbons (Fsp3) is 0.333. The molecule has 4 nitrogen and oxygen atoms in total. The highest BCUT2D eigenvalue weighted by Crippen LogP contribution is 2.16. The third kappa shape index (κ3) is 2.99. The smallest absolute Gasteiger partial charge is 0.412 e. The summed E-state index contributed by atoms with van der Waals surface area (Å²) in [7, 11) is 0. The highest BCUT2D eigenvalue weighted by atomic mass is 79.9. The van der Waals surface area contributed by atoms with Crippen molar-refractivity contribution in [2.75, 3.05) is 11.9 Å². The minimum absolute atomic E-state index is 0.349. The zero-order chi connectivity index (χ0) is 10.6. The van der Waals surface area contributed by atoms with Gasteiger partial charge in [-0.15, -0.1) is 0 Å². The lowest BCUT2D eigenvalue weighted by Gasteiger charge is -2.05. The van der Waals surface area contributed by atoms with E-state index in [2.05, 4.69) is 26.2 Å². The average Bonchev–Trinajstić information content (AvgIpc) is 2.12. The van der Waals surface area contributed by atoms with Crippen LogP contribution in [0.2, 0.25) is 0 Å². The third-order valence-electron chi connectivity index (χ3n) is 1.53. The number of halogens is 1. The van der Waals surface area contributed by atoms with E-state index >= 15 is 0 Å². The van der Waals surface area contributed by atoms with Crippen molar-refractivity contribution in [3.8, 4) is 0 Å². The maximum absolute atomic E-state index is 11.0. The first-order chi connectivity index (χ1) is 6.63. The molecule has 0 saturated heterocycles. The summed E-state index contributed by atoms with van der Waals surface area (Å²) < 4.78 is 5.62. The Balaban J connectivity index is 2.68. The van der Waals surface area contributed by atoms with Crippen LogP contribution in [0, 0.1) is 6.92 Å². The molecule has 1 heterocycles. The SMILES string of the molecule is CCOC(=O)Nc1ccc(Br)c(C)n1. The Morgan fingerprint density at radius 2 is 2.36 bits per heavy atom. The topological polar surface area (TPSA) is 51.2 Å². The molecule has 5 heteroatoms. The second kappa shape index (κ2) is 4.95. The maximum atomic E-state index is 11.0. The van der Waals surface area contributed by atoms with E-state index in [1.165, 1.54) is 0 Å². The largest absolute Gasteiger partial charge is 0.450 e. The van der Waals surface area contributed by atoms with Crippen LogP contribution < -0.4 is 5.32 Å². The van der Waals surface area contributed by atoms with Crippen molar-refractivity contribution < 1.29 is 9.53 Å². The number of hydrogen-bond donors (Lipinski definition) is 1. The Morgan fingerprint density at radius 1 is 1.64 bits per heavy atom. The molecule has 0 aromatic carbocycles. The van der Waals surface area contributed by atoms with Gasteiger partial charge in [0.2, 0.25) is 0 Å². The van der Waals surface area contributed by atoms with Gasteiger partial charge < -0.3 is 4.74 Å². The number of aryl methyl sites for hydroxylation is 1. The van der Waals surface area contributed by atoms with E-state index in [-0.39, 0.29) is 0 Å². The van der Waals surface area contributed by atoms with E-state index in [0.717, 1.165) is 10.2 Å². The number of nitrogens with one attached hydrogen (secondary N) is 1. The van der Waals surface area contributed by atoms with Crippen LogP contribution in [0.15, 0.2) is 16.6 Å². The van der Waals surface area contributed by atoms with Crippen LogP contribution >= 0.6 is 15.9 Å². The minimum atomic E-state index is -0.485. The molecule has 0 saturated carbocycles. The summed E-state index contributed by atoms with van der Waals surface area (Å²) in [6.45, 7) is 3.95. The Hall–Kier alpha value is -1.10. The van der Waals surface area contributed by atoms with Crippen molar-refractivity contribution in [2.45, 2.75) is 13.8 Å². The summed E-state index contributed by atoms with van der Waals surface area (Å²) >= 11 is 3.32. The molecule has 0 aliphatic rings. The average molecular weight is 259 g/mol. The zero-order valence-electron chi connectivity index (χ0n) is 8.00. The normalized spacial score (nSPS) is 9.64. The molecule has 1 N–H and O–H groups in total. The molecule has 14 heavy (non-hydrogen) atoms. The van der Waals surface area contributed by atoms with E-state index in [1.54, 1.807) is 13.0 Å². The molecule has 0 aliphatic heterocycles. The molecule has 1 rings (SSSR count). The van der Waals surface area contributed by atoms with E-state index in [0.29, 0.717) is 12.4 Å². The maximum Gasteiger partial charge on any atom is 0.412 e. The fourth-order valence-electron chi connectivity index (χ4n) is 0.885. The fourth-order valence-corrected chi connectivity index (χ4v) is 1.11. The Morgan fingerprint density at radius 3 is 2.93 bits per heavy atom. The number of carbonyl (C=O) groups is 1. The molecule has 0 spiro atoms. The van der Waals surface area contributed by atoms with Gasteiger partial charge in [0, 0.05) is 4.47 Å². The molecule has 0 atom stereocenters. The molecule has 0 fully saturated rings. The van der Waals surface area contributed by atoms with Crippen molar-refractivity contribution in [2.24, 2.45) is 0 Å². The predicted octanol–water partition coefficient (Wildman–Crippen LogP) is 2.72. The Kier molecular flexibility index (Phi) is 3.88. The number of rotatable bonds is 2. The molecular weight excluding hydrogens is 248 g/mol. The lowest BCUT2D eigenvalue weighted by Crippen LogP contribution is -2.14. The van der Waals surface area contributed by atoms with Crippen molar-refractivity contribution in [3.05, 3.63) is 22.3 Å². The number of aromatic nitrogens is 1. The molecule has 0 aliphatic carbocycles. The summed E-state index contributed by atoms with van der Waals surface area (Å²) in [6, 6.07) is 3.53. The molecular formula is C9H11BrN2O2.